The van der Waals surface area contributed by atoms with Crippen molar-refractivity contribution in [1.82, 2.24) is 0 Å². The Balaban J connectivity index is 2.42. The highest BCUT2D eigenvalue weighted by Gasteiger charge is 2.96. The summed E-state index contributed by atoms with van der Waals surface area (Å²) in [6.07, 6.45) is -6.27. The molecule has 1 aliphatic rings. The molecule has 12 heteroatoms. The Morgan fingerprint density at radius 2 is 1.50 bits per heavy atom. The van der Waals surface area contributed by atoms with E-state index >= 15 is 0 Å². The molecular formula is C14H10F9NO2. The van der Waals surface area contributed by atoms with Gasteiger partial charge in [-0.1, -0.05) is 6.07 Å². The summed E-state index contributed by atoms with van der Waals surface area (Å²) < 4.78 is 123. The maximum atomic E-state index is 14.0. The number of hydrogen-bond acceptors (Lipinski definition) is 2. The molecule has 1 aliphatic heterocycles. The number of halogens is 9. The van der Waals surface area contributed by atoms with E-state index in [-0.39, 0.29) is 0 Å². The van der Waals surface area contributed by atoms with Crippen LogP contribution < -0.4 is 5.32 Å². The molecule has 1 unspecified atom stereocenters. The van der Waals surface area contributed by atoms with Crippen molar-refractivity contribution in [2.75, 3.05) is 5.32 Å². The Morgan fingerprint density at radius 3 is 1.92 bits per heavy atom. The van der Waals surface area contributed by atoms with Crippen molar-refractivity contribution in [3.8, 4) is 0 Å². The van der Waals surface area contributed by atoms with Crippen molar-refractivity contribution in [2.45, 2.75) is 43.6 Å². The second kappa shape index (κ2) is 5.51. The first kappa shape index (κ1) is 20.3. The zero-order valence-corrected chi connectivity index (χ0v) is 13.0. The fraction of sp³-hybridized carbons (Fsp3) is 0.500. The number of aryl methyl sites for hydroxylation is 2. The molecule has 1 fully saturated rings. The normalized spacial score (nSPS) is 26.6. The van der Waals surface area contributed by atoms with E-state index in [0.717, 1.165) is 12.1 Å². The molecule has 1 heterocycles. The molecule has 0 spiro atoms. The van der Waals surface area contributed by atoms with Crippen LogP contribution in [-0.2, 0) is 9.53 Å². The summed E-state index contributed by atoms with van der Waals surface area (Å²) in [6.45, 7) is 3.08. The Hall–Kier alpha value is -1.98. The van der Waals surface area contributed by atoms with Gasteiger partial charge in [0.15, 0.2) is 0 Å². The molecule has 0 saturated carbocycles. The molecule has 1 amide bonds. The maximum Gasteiger partial charge on any atom is 0.428 e. The Labute approximate surface area is 140 Å². The van der Waals surface area contributed by atoms with Crippen LogP contribution in [0.15, 0.2) is 18.2 Å². The predicted molar refractivity (Wildman–Crippen MR) is 69.3 cm³/mol. The lowest BCUT2D eigenvalue weighted by atomic mass is 9.99. The molecule has 0 bridgehead atoms. The number of benzene rings is 1. The SMILES string of the molecule is Cc1ccc(NC(=O)C(F)(F)C2(F)OC(F)(F)C(F)(F)C2(F)F)cc1C. The number of rotatable bonds is 3. The number of hydrogen-bond donors (Lipinski definition) is 1. The molecule has 3 nitrogen and oxygen atoms in total. The van der Waals surface area contributed by atoms with Gasteiger partial charge in [0.1, 0.15) is 0 Å². The highest BCUT2D eigenvalue weighted by molar-refractivity contribution is 5.97. The van der Waals surface area contributed by atoms with Crippen LogP contribution in [0.2, 0.25) is 0 Å². The van der Waals surface area contributed by atoms with E-state index in [2.05, 4.69) is 4.74 Å². The predicted octanol–water partition coefficient (Wildman–Crippen LogP) is 4.44. The lowest BCUT2D eigenvalue weighted by Gasteiger charge is -2.31. The summed E-state index contributed by atoms with van der Waals surface area (Å²) in [5, 5.41) is 1.31. The van der Waals surface area contributed by atoms with Gasteiger partial charge in [0.25, 0.3) is 0 Å². The first-order chi connectivity index (χ1) is 11.5. The van der Waals surface area contributed by atoms with Crippen molar-refractivity contribution >= 4 is 11.6 Å². The van der Waals surface area contributed by atoms with Gasteiger partial charge in [-0.25, -0.2) is 0 Å². The summed E-state index contributed by atoms with van der Waals surface area (Å²) >= 11 is 0. The number of ether oxygens (including phenoxy) is 1. The van der Waals surface area contributed by atoms with Crippen LogP contribution in [0.4, 0.5) is 45.2 Å². The molecule has 0 radical (unpaired) electrons. The van der Waals surface area contributed by atoms with Gasteiger partial charge in [0, 0.05) is 5.69 Å². The van der Waals surface area contributed by atoms with Crippen molar-refractivity contribution < 1.29 is 49.0 Å². The third-order valence-electron chi connectivity index (χ3n) is 3.89. The molecular weight excluding hydrogens is 385 g/mol. The molecule has 146 valence electrons. The zero-order valence-electron chi connectivity index (χ0n) is 13.0. The minimum atomic E-state index is -6.70. The highest BCUT2D eigenvalue weighted by Crippen LogP contribution is 2.64. The monoisotopic (exact) mass is 395 g/mol. The zero-order chi connectivity index (χ0) is 20.3. The lowest BCUT2D eigenvalue weighted by molar-refractivity contribution is -0.366. The van der Waals surface area contributed by atoms with Crippen LogP contribution in [0.5, 0.6) is 0 Å². The molecule has 26 heavy (non-hydrogen) atoms. The summed E-state index contributed by atoms with van der Waals surface area (Å²) in [5.41, 5.74) is 0.657. The van der Waals surface area contributed by atoms with Crippen LogP contribution in [0.3, 0.4) is 0 Å². The second-order valence-corrected chi connectivity index (χ2v) is 5.69. The number of anilines is 1. The van der Waals surface area contributed by atoms with E-state index in [1.54, 1.807) is 6.92 Å². The minimum Gasteiger partial charge on any atom is -0.321 e. The number of carbonyl (C=O) groups excluding carboxylic acids is 1. The number of nitrogens with one attached hydrogen (secondary N) is 1. The minimum absolute atomic E-state index is 0.429. The summed E-state index contributed by atoms with van der Waals surface area (Å²) in [5.74, 6) is -28.5. The average Bonchev–Trinajstić information content (AvgIpc) is 2.58. The van der Waals surface area contributed by atoms with E-state index < -0.39 is 41.3 Å². The largest absolute Gasteiger partial charge is 0.428 e. The van der Waals surface area contributed by atoms with Crippen LogP contribution in [0.25, 0.3) is 0 Å². The third kappa shape index (κ3) is 2.45. The van der Waals surface area contributed by atoms with E-state index in [4.69, 9.17) is 0 Å². The number of alkyl halides is 9. The number of carbonyl (C=O) groups is 1. The summed E-state index contributed by atoms with van der Waals surface area (Å²) in [6, 6.07) is 3.43. The van der Waals surface area contributed by atoms with Gasteiger partial charge >= 0.3 is 35.6 Å². The maximum absolute atomic E-state index is 14.0. The fourth-order valence-corrected chi connectivity index (χ4v) is 2.13. The van der Waals surface area contributed by atoms with E-state index in [0.29, 0.717) is 11.1 Å². The Bertz CT molecular complexity index is 750. The highest BCUT2D eigenvalue weighted by atomic mass is 19.4. The molecule has 1 aromatic carbocycles. The topological polar surface area (TPSA) is 38.3 Å². The Morgan fingerprint density at radius 1 is 0.962 bits per heavy atom. The molecule has 0 aromatic heterocycles. The smallest absolute Gasteiger partial charge is 0.321 e. The van der Waals surface area contributed by atoms with Crippen molar-refractivity contribution in [3.05, 3.63) is 29.3 Å². The van der Waals surface area contributed by atoms with Gasteiger partial charge in [0.05, 0.1) is 0 Å². The van der Waals surface area contributed by atoms with Gasteiger partial charge < -0.3 is 5.32 Å². The number of amides is 1. The summed E-state index contributed by atoms with van der Waals surface area (Å²) in [7, 11) is 0. The van der Waals surface area contributed by atoms with Crippen molar-refractivity contribution in [2.24, 2.45) is 0 Å². The molecule has 1 atom stereocenters. The quantitative estimate of drug-likeness (QED) is 0.769. The summed E-state index contributed by atoms with van der Waals surface area (Å²) in [4.78, 5) is 11.5. The lowest BCUT2D eigenvalue weighted by Crippen LogP contribution is -2.63. The van der Waals surface area contributed by atoms with Gasteiger partial charge in [-0.3, -0.25) is 9.53 Å². The fourth-order valence-electron chi connectivity index (χ4n) is 2.13. The van der Waals surface area contributed by atoms with Crippen molar-refractivity contribution in [3.63, 3.8) is 0 Å². The second-order valence-electron chi connectivity index (χ2n) is 5.69. The van der Waals surface area contributed by atoms with Gasteiger partial charge in [-0.05, 0) is 37.1 Å². The van der Waals surface area contributed by atoms with Gasteiger partial charge in [0.2, 0.25) is 0 Å². The van der Waals surface area contributed by atoms with Crippen LogP contribution in [0.1, 0.15) is 11.1 Å². The molecule has 0 aliphatic carbocycles. The Kier molecular flexibility index (Phi) is 4.31. The van der Waals surface area contributed by atoms with Crippen molar-refractivity contribution in [1.29, 1.82) is 0 Å². The van der Waals surface area contributed by atoms with Crippen LogP contribution in [0, 0.1) is 13.8 Å². The molecule has 1 aromatic rings. The third-order valence-corrected chi connectivity index (χ3v) is 3.89. The average molecular weight is 395 g/mol. The van der Waals surface area contributed by atoms with Crippen LogP contribution >= 0.6 is 0 Å². The van der Waals surface area contributed by atoms with E-state index in [9.17, 15) is 44.3 Å². The molecule has 1 N–H and O–H groups in total. The van der Waals surface area contributed by atoms with Gasteiger partial charge in [-0.2, -0.15) is 39.5 Å². The standard InChI is InChI=1S/C14H10F9NO2/c1-6-3-4-8(5-7(6)2)24-9(25)10(15,16)13(21)11(17,18)12(19,20)14(22,23)26-13/h3-5H,1-2H3,(H,24,25). The van der Waals surface area contributed by atoms with Crippen LogP contribution in [-0.4, -0.2) is 35.6 Å². The van der Waals surface area contributed by atoms with E-state index in [1.807, 2.05) is 0 Å². The first-order valence-electron chi connectivity index (χ1n) is 6.80. The first-order valence-corrected chi connectivity index (χ1v) is 6.80. The van der Waals surface area contributed by atoms with Gasteiger partial charge in [-0.15, -0.1) is 0 Å². The van der Waals surface area contributed by atoms with E-state index in [1.165, 1.54) is 18.3 Å². The molecule has 1 saturated heterocycles. The molecule has 2 rings (SSSR count).